The number of hydrogen-bond acceptors (Lipinski definition) is 2. The number of benzene rings is 2. The fourth-order valence-corrected chi connectivity index (χ4v) is 1.93. The van der Waals surface area contributed by atoms with Crippen molar-refractivity contribution < 1.29 is 9.59 Å². The van der Waals surface area contributed by atoms with Crippen LogP contribution >= 0.6 is 0 Å². The highest BCUT2D eigenvalue weighted by Crippen LogP contribution is 2.23. The second-order valence-electron chi connectivity index (χ2n) is 3.82. The largest absolute Gasteiger partial charge is 0.294 e. The minimum atomic E-state index is -0.0145. The van der Waals surface area contributed by atoms with Gasteiger partial charge in [0.05, 0.1) is 0 Å². The monoisotopic (exact) mass is 212 g/mol. The molecule has 0 heterocycles. The van der Waals surface area contributed by atoms with Gasteiger partial charge in [-0.1, -0.05) is 36.4 Å². The zero-order valence-corrected chi connectivity index (χ0v) is 9.28. The highest BCUT2D eigenvalue weighted by atomic mass is 16.1. The van der Waals surface area contributed by atoms with Crippen LogP contribution < -0.4 is 0 Å². The van der Waals surface area contributed by atoms with E-state index in [-0.39, 0.29) is 11.6 Å². The minimum absolute atomic E-state index is 0.0145. The van der Waals surface area contributed by atoms with Crippen LogP contribution in [0.1, 0.15) is 34.6 Å². The summed E-state index contributed by atoms with van der Waals surface area (Å²) < 4.78 is 0. The van der Waals surface area contributed by atoms with Crippen molar-refractivity contribution in [1.29, 1.82) is 0 Å². The van der Waals surface area contributed by atoms with Crippen molar-refractivity contribution >= 4 is 22.3 Å². The van der Waals surface area contributed by atoms with E-state index < -0.39 is 0 Å². The standard InChI is InChI=1S/C14H12O2/c1-9(15)12-7-3-5-11-6-4-8-13(10(2)16)14(11)12/h3-8H,1-2H3. The predicted molar refractivity (Wildman–Crippen MR) is 64.0 cm³/mol. The van der Waals surface area contributed by atoms with Gasteiger partial charge in [0.25, 0.3) is 0 Å². The van der Waals surface area contributed by atoms with Crippen molar-refractivity contribution in [2.24, 2.45) is 0 Å². The number of fused-ring (bicyclic) bond motifs is 1. The van der Waals surface area contributed by atoms with Crippen molar-refractivity contribution in [2.75, 3.05) is 0 Å². The van der Waals surface area contributed by atoms with E-state index in [1.807, 2.05) is 24.3 Å². The van der Waals surface area contributed by atoms with E-state index >= 15 is 0 Å². The Kier molecular flexibility index (Phi) is 2.57. The summed E-state index contributed by atoms with van der Waals surface area (Å²) in [6.45, 7) is 3.04. The van der Waals surface area contributed by atoms with E-state index in [2.05, 4.69) is 0 Å². The Morgan fingerprint density at radius 1 is 0.812 bits per heavy atom. The molecule has 0 atom stereocenters. The molecule has 0 saturated carbocycles. The molecule has 0 radical (unpaired) electrons. The summed E-state index contributed by atoms with van der Waals surface area (Å²) in [5.74, 6) is -0.0291. The van der Waals surface area contributed by atoms with Crippen LogP contribution in [0.25, 0.3) is 10.8 Å². The lowest BCUT2D eigenvalue weighted by molar-refractivity contribution is 0.101. The van der Waals surface area contributed by atoms with Gasteiger partial charge in [-0.2, -0.15) is 0 Å². The first-order chi connectivity index (χ1) is 7.61. The fourth-order valence-electron chi connectivity index (χ4n) is 1.93. The van der Waals surface area contributed by atoms with Gasteiger partial charge in [-0.15, -0.1) is 0 Å². The third-order valence-corrected chi connectivity index (χ3v) is 2.66. The Bertz CT molecular complexity index is 534. The van der Waals surface area contributed by atoms with Gasteiger partial charge in [0, 0.05) is 16.5 Å². The first kappa shape index (κ1) is 10.6. The van der Waals surface area contributed by atoms with Crippen LogP contribution in [0, 0.1) is 0 Å². The number of carbonyl (C=O) groups is 2. The zero-order chi connectivity index (χ0) is 11.7. The SMILES string of the molecule is CC(=O)c1cccc2cccc(C(C)=O)c12. The molecular formula is C14H12O2. The van der Waals surface area contributed by atoms with Gasteiger partial charge >= 0.3 is 0 Å². The van der Waals surface area contributed by atoms with Crippen molar-refractivity contribution in [3.05, 3.63) is 47.5 Å². The number of Topliss-reactive ketones (excluding diaryl/α,β-unsaturated/α-hetero) is 2. The molecule has 2 aromatic carbocycles. The molecule has 0 fully saturated rings. The molecule has 0 aliphatic rings. The first-order valence-corrected chi connectivity index (χ1v) is 5.15. The van der Waals surface area contributed by atoms with Crippen LogP contribution in [0.2, 0.25) is 0 Å². The maximum absolute atomic E-state index is 11.5. The van der Waals surface area contributed by atoms with Crippen LogP contribution in [0.4, 0.5) is 0 Å². The molecule has 0 amide bonds. The molecule has 2 nitrogen and oxygen atoms in total. The maximum atomic E-state index is 11.5. The highest BCUT2D eigenvalue weighted by Gasteiger charge is 2.11. The molecule has 2 heteroatoms. The van der Waals surface area contributed by atoms with Gasteiger partial charge < -0.3 is 0 Å². The fraction of sp³-hybridized carbons (Fsp3) is 0.143. The van der Waals surface area contributed by atoms with Crippen molar-refractivity contribution in [3.8, 4) is 0 Å². The van der Waals surface area contributed by atoms with Gasteiger partial charge in [-0.25, -0.2) is 0 Å². The molecule has 2 rings (SSSR count). The van der Waals surface area contributed by atoms with Crippen molar-refractivity contribution in [1.82, 2.24) is 0 Å². The van der Waals surface area contributed by atoms with Crippen LogP contribution in [-0.4, -0.2) is 11.6 Å². The number of rotatable bonds is 2. The van der Waals surface area contributed by atoms with Crippen LogP contribution in [0.5, 0.6) is 0 Å². The molecule has 0 bridgehead atoms. The third-order valence-electron chi connectivity index (χ3n) is 2.66. The normalized spacial score (nSPS) is 10.4. The number of ketones is 2. The molecule has 80 valence electrons. The van der Waals surface area contributed by atoms with Gasteiger partial charge in [-0.05, 0) is 19.2 Å². The molecule has 0 saturated heterocycles. The summed E-state index contributed by atoms with van der Waals surface area (Å²) in [7, 11) is 0. The van der Waals surface area contributed by atoms with Crippen LogP contribution in [0.15, 0.2) is 36.4 Å². The van der Waals surface area contributed by atoms with E-state index in [1.165, 1.54) is 13.8 Å². The van der Waals surface area contributed by atoms with Crippen molar-refractivity contribution in [3.63, 3.8) is 0 Å². The second-order valence-corrected chi connectivity index (χ2v) is 3.82. The topological polar surface area (TPSA) is 34.1 Å². The lowest BCUT2D eigenvalue weighted by Gasteiger charge is -2.07. The van der Waals surface area contributed by atoms with Gasteiger partial charge in [0.2, 0.25) is 0 Å². The van der Waals surface area contributed by atoms with Gasteiger partial charge in [0.15, 0.2) is 11.6 Å². The second kappa shape index (κ2) is 3.89. The Balaban J connectivity index is 2.92. The van der Waals surface area contributed by atoms with E-state index in [9.17, 15) is 9.59 Å². The van der Waals surface area contributed by atoms with E-state index in [0.29, 0.717) is 11.1 Å². The zero-order valence-electron chi connectivity index (χ0n) is 9.28. The Morgan fingerprint density at radius 2 is 1.25 bits per heavy atom. The first-order valence-electron chi connectivity index (χ1n) is 5.15. The summed E-state index contributed by atoms with van der Waals surface area (Å²) >= 11 is 0. The minimum Gasteiger partial charge on any atom is -0.294 e. The number of hydrogen-bond donors (Lipinski definition) is 0. The summed E-state index contributed by atoms with van der Waals surface area (Å²) in [5.41, 5.74) is 1.23. The third kappa shape index (κ3) is 1.63. The maximum Gasteiger partial charge on any atom is 0.160 e. The molecule has 0 aliphatic heterocycles. The molecule has 0 N–H and O–H groups in total. The average molecular weight is 212 g/mol. The Labute approximate surface area is 93.9 Å². The Morgan fingerprint density at radius 3 is 1.62 bits per heavy atom. The van der Waals surface area contributed by atoms with E-state index in [4.69, 9.17) is 0 Å². The molecule has 0 aliphatic carbocycles. The average Bonchev–Trinajstić information content (AvgIpc) is 2.27. The smallest absolute Gasteiger partial charge is 0.160 e. The van der Waals surface area contributed by atoms with E-state index in [0.717, 1.165) is 10.8 Å². The molecular weight excluding hydrogens is 200 g/mol. The summed E-state index contributed by atoms with van der Waals surface area (Å²) in [4.78, 5) is 23.0. The van der Waals surface area contributed by atoms with Gasteiger partial charge in [0.1, 0.15) is 0 Å². The van der Waals surface area contributed by atoms with Crippen LogP contribution in [-0.2, 0) is 0 Å². The molecule has 0 unspecified atom stereocenters. The number of carbonyl (C=O) groups excluding carboxylic acids is 2. The molecule has 0 aromatic heterocycles. The quantitative estimate of drug-likeness (QED) is 0.716. The van der Waals surface area contributed by atoms with E-state index in [1.54, 1.807) is 12.1 Å². The summed E-state index contributed by atoms with van der Waals surface area (Å²) in [6.07, 6.45) is 0. The van der Waals surface area contributed by atoms with Crippen molar-refractivity contribution in [2.45, 2.75) is 13.8 Å². The lowest BCUT2D eigenvalue weighted by atomic mass is 9.95. The predicted octanol–water partition coefficient (Wildman–Crippen LogP) is 3.25. The molecule has 0 spiro atoms. The lowest BCUT2D eigenvalue weighted by Crippen LogP contribution is -2.00. The summed E-state index contributed by atoms with van der Waals surface area (Å²) in [6, 6.07) is 11.0. The Hall–Kier alpha value is -1.96. The molecule has 16 heavy (non-hydrogen) atoms. The summed E-state index contributed by atoms with van der Waals surface area (Å²) in [5, 5.41) is 1.70. The van der Waals surface area contributed by atoms with Crippen LogP contribution in [0.3, 0.4) is 0 Å². The molecule has 2 aromatic rings. The van der Waals surface area contributed by atoms with Gasteiger partial charge in [-0.3, -0.25) is 9.59 Å². The highest BCUT2D eigenvalue weighted by molar-refractivity contribution is 6.15.